The summed E-state index contributed by atoms with van der Waals surface area (Å²) in [6.45, 7) is 0.108. The normalized spacial score (nSPS) is 11.6. The molecule has 0 fully saturated rings. The van der Waals surface area contributed by atoms with Crippen LogP contribution in [0.4, 0.5) is 0 Å². The predicted octanol–water partition coefficient (Wildman–Crippen LogP) is 2.54. The second kappa shape index (κ2) is 11.8. The van der Waals surface area contributed by atoms with Crippen LogP contribution in [0.2, 0.25) is 0 Å². The number of ether oxygens (including phenoxy) is 2. The number of para-hydroxylation sites is 1. The van der Waals surface area contributed by atoms with E-state index in [0.29, 0.717) is 5.75 Å². The first-order valence-electron chi connectivity index (χ1n) is 9.86. The predicted molar refractivity (Wildman–Crippen MR) is 113 cm³/mol. The molecule has 0 radical (unpaired) electrons. The molecule has 0 aliphatic heterocycles. The number of carboxylic acid groups (broad SMARTS) is 1. The summed E-state index contributed by atoms with van der Waals surface area (Å²) in [5.41, 5.74) is 2.18. The minimum atomic E-state index is -1.02. The molecule has 0 heterocycles. The number of carbonyl (C=O) groups excluding carboxylic acids is 1. The standard InChI is InChI=1S/C23H29NO6/c1-24(22(26)12-13-23(27)28)15-19(25)16-30-21-9-4-3-7-18(21)11-10-17-6-5-8-20(14-17)29-2/h3-9,14,19,25H,10-13,15-16H2,1-2H3,(H,27,28). The number of rotatable bonds is 12. The Labute approximate surface area is 176 Å². The lowest BCUT2D eigenvalue weighted by Crippen LogP contribution is -2.37. The van der Waals surface area contributed by atoms with Crippen LogP contribution < -0.4 is 9.47 Å². The summed E-state index contributed by atoms with van der Waals surface area (Å²) in [5, 5.41) is 18.9. The van der Waals surface area contributed by atoms with E-state index < -0.39 is 12.1 Å². The van der Waals surface area contributed by atoms with Crippen molar-refractivity contribution in [3.05, 3.63) is 59.7 Å². The molecule has 0 aromatic heterocycles. The Kier molecular flexibility index (Phi) is 9.15. The summed E-state index contributed by atoms with van der Waals surface area (Å²) >= 11 is 0. The molecule has 0 aliphatic carbocycles. The lowest BCUT2D eigenvalue weighted by molar-refractivity contribution is -0.140. The maximum atomic E-state index is 11.9. The van der Waals surface area contributed by atoms with Crippen molar-refractivity contribution in [2.75, 3.05) is 27.3 Å². The molecule has 2 aromatic carbocycles. The third-order valence-corrected chi connectivity index (χ3v) is 4.68. The van der Waals surface area contributed by atoms with Crippen molar-refractivity contribution in [3.8, 4) is 11.5 Å². The van der Waals surface area contributed by atoms with Crippen molar-refractivity contribution < 1.29 is 29.3 Å². The zero-order valence-corrected chi connectivity index (χ0v) is 17.4. The van der Waals surface area contributed by atoms with Crippen LogP contribution >= 0.6 is 0 Å². The number of aryl methyl sites for hydroxylation is 2. The van der Waals surface area contributed by atoms with Gasteiger partial charge in [-0.2, -0.15) is 0 Å². The average Bonchev–Trinajstić information content (AvgIpc) is 2.75. The highest BCUT2D eigenvalue weighted by molar-refractivity contribution is 5.80. The second-order valence-corrected chi connectivity index (χ2v) is 7.09. The third kappa shape index (κ3) is 7.75. The van der Waals surface area contributed by atoms with Gasteiger partial charge in [-0.25, -0.2) is 0 Å². The molecule has 0 spiro atoms. The number of carbonyl (C=O) groups is 2. The molecule has 162 valence electrons. The van der Waals surface area contributed by atoms with Gasteiger partial charge in [-0.15, -0.1) is 0 Å². The van der Waals surface area contributed by atoms with E-state index in [0.717, 1.165) is 29.7 Å². The minimum absolute atomic E-state index is 0.0344. The average molecular weight is 415 g/mol. The fourth-order valence-electron chi connectivity index (χ4n) is 3.02. The number of benzene rings is 2. The van der Waals surface area contributed by atoms with Crippen molar-refractivity contribution in [2.45, 2.75) is 31.8 Å². The van der Waals surface area contributed by atoms with Gasteiger partial charge in [0.1, 0.15) is 24.2 Å². The van der Waals surface area contributed by atoms with E-state index >= 15 is 0 Å². The molecule has 7 heteroatoms. The van der Waals surface area contributed by atoms with Crippen molar-refractivity contribution in [1.29, 1.82) is 0 Å². The summed E-state index contributed by atoms with van der Waals surface area (Å²) in [6, 6.07) is 15.6. The van der Waals surface area contributed by atoms with Crippen molar-refractivity contribution >= 4 is 11.9 Å². The number of hydrogen-bond donors (Lipinski definition) is 2. The van der Waals surface area contributed by atoms with Gasteiger partial charge in [0, 0.05) is 20.0 Å². The largest absolute Gasteiger partial charge is 0.497 e. The Morgan fingerprint density at radius 2 is 1.83 bits per heavy atom. The van der Waals surface area contributed by atoms with Gasteiger partial charge in [-0.05, 0) is 42.2 Å². The molecule has 0 saturated heterocycles. The number of nitrogens with zero attached hydrogens (tertiary/aromatic N) is 1. The Bertz CT molecular complexity index is 838. The van der Waals surface area contributed by atoms with Crippen LogP contribution in [0.3, 0.4) is 0 Å². The number of methoxy groups -OCH3 is 1. The van der Waals surface area contributed by atoms with E-state index in [9.17, 15) is 14.7 Å². The van der Waals surface area contributed by atoms with Gasteiger partial charge >= 0.3 is 5.97 Å². The maximum absolute atomic E-state index is 11.9. The monoisotopic (exact) mass is 415 g/mol. The highest BCUT2D eigenvalue weighted by Gasteiger charge is 2.16. The molecule has 2 aromatic rings. The fourth-order valence-corrected chi connectivity index (χ4v) is 3.02. The lowest BCUT2D eigenvalue weighted by Gasteiger charge is -2.21. The smallest absolute Gasteiger partial charge is 0.303 e. The zero-order valence-electron chi connectivity index (χ0n) is 17.4. The number of aliphatic hydroxyl groups is 1. The summed E-state index contributed by atoms with van der Waals surface area (Å²) < 4.78 is 11.1. The number of amides is 1. The molecule has 2 rings (SSSR count). The summed E-state index contributed by atoms with van der Waals surface area (Å²) in [5.74, 6) is 0.169. The minimum Gasteiger partial charge on any atom is -0.497 e. The Balaban J connectivity index is 1.86. The van der Waals surface area contributed by atoms with E-state index in [1.165, 1.54) is 11.9 Å². The van der Waals surface area contributed by atoms with Gasteiger partial charge in [-0.1, -0.05) is 30.3 Å². The van der Waals surface area contributed by atoms with E-state index in [2.05, 4.69) is 0 Å². The first kappa shape index (κ1) is 23.2. The van der Waals surface area contributed by atoms with Crippen LogP contribution in [0.15, 0.2) is 48.5 Å². The first-order chi connectivity index (χ1) is 14.4. The number of aliphatic carboxylic acids is 1. The Hall–Kier alpha value is -3.06. The van der Waals surface area contributed by atoms with Crippen molar-refractivity contribution in [2.24, 2.45) is 0 Å². The summed E-state index contributed by atoms with van der Waals surface area (Å²) in [4.78, 5) is 23.8. The van der Waals surface area contributed by atoms with E-state index in [4.69, 9.17) is 14.6 Å². The number of carboxylic acids is 1. The van der Waals surface area contributed by atoms with E-state index in [1.54, 1.807) is 7.11 Å². The van der Waals surface area contributed by atoms with Gasteiger partial charge in [0.05, 0.1) is 13.5 Å². The fraction of sp³-hybridized carbons (Fsp3) is 0.391. The Morgan fingerprint density at radius 1 is 1.07 bits per heavy atom. The van der Waals surface area contributed by atoms with Crippen LogP contribution in [-0.2, 0) is 22.4 Å². The van der Waals surface area contributed by atoms with E-state index in [1.807, 2.05) is 48.5 Å². The molecule has 1 amide bonds. The molecule has 1 unspecified atom stereocenters. The number of aliphatic hydroxyl groups excluding tert-OH is 1. The second-order valence-electron chi connectivity index (χ2n) is 7.09. The van der Waals surface area contributed by atoms with Gasteiger partial charge in [-0.3, -0.25) is 9.59 Å². The number of likely N-dealkylation sites (N-methyl/N-ethyl adjacent to an activating group) is 1. The molecule has 1 atom stereocenters. The summed E-state index contributed by atoms with van der Waals surface area (Å²) in [6.07, 6.45) is 0.395. The highest BCUT2D eigenvalue weighted by Crippen LogP contribution is 2.21. The van der Waals surface area contributed by atoms with Crippen LogP contribution in [0.25, 0.3) is 0 Å². The molecule has 7 nitrogen and oxygen atoms in total. The topological polar surface area (TPSA) is 96.3 Å². The first-order valence-corrected chi connectivity index (χ1v) is 9.86. The van der Waals surface area contributed by atoms with Gasteiger partial charge in [0.25, 0.3) is 0 Å². The maximum Gasteiger partial charge on any atom is 0.303 e. The van der Waals surface area contributed by atoms with Crippen molar-refractivity contribution in [3.63, 3.8) is 0 Å². The van der Waals surface area contributed by atoms with E-state index in [-0.39, 0.29) is 31.9 Å². The lowest BCUT2D eigenvalue weighted by atomic mass is 10.0. The molecule has 0 bridgehead atoms. The van der Waals surface area contributed by atoms with Crippen LogP contribution in [0.5, 0.6) is 11.5 Å². The quantitative estimate of drug-likeness (QED) is 0.553. The zero-order chi connectivity index (χ0) is 21.9. The van der Waals surface area contributed by atoms with Gasteiger partial charge in [0.2, 0.25) is 5.91 Å². The number of hydrogen-bond acceptors (Lipinski definition) is 5. The van der Waals surface area contributed by atoms with Gasteiger partial charge < -0.3 is 24.6 Å². The highest BCUT2D eigenvalue weighted by atomic mass is 16.5. The third-order valence-electron chi connectivity index (χ3n) is 4.68. The van der Waals surface area contributed by atoms with Crippen molar-refractivity contribution in [1.82, 2.24) is 4.90 Å². The molecule has 2 N–H and O–H groups in total. The molecule has 0 aliphatic rings. The molecular weight excluding hydrogens is 386 g/mol. The van der Waals surface area contributed by atoms with Crippen LogP contribution in [0, 0.1) is 0 Å². The summed E-state index contributed by atoms with van der Waals surface area (Å²) in [7, 11) is 3.18. The molecule has 30 heavy (non-hydrogen) atoms. The molecule has 0 saturated carbocycles. The Morgan fingerprint density at radius 3 is 2.57 bits per heavy atom. The molecular formula is C23H29NO6. The SMILES string of the molecule is COc1cccc(CCc2ccccc2OCC(O)CN(C)C(=O)CCC(=O)O)c1. The van der Waals surface area contributed by atoms with Gasteiger partial charge in [0.15, 0.2) is 0 Å². The van der Waals surface area contributed by atoms with Crippen LogP contribution in [0.1, 0.15) is 24.0 Å². The van der Waals surface area contributed by atoms with Crippen LogP contribution in [-0.4, -0.2) is 60.4 Å².